The summed E-state index contributed by atoms with van der Waals surface area (Å²) in [5.74, 6) is 1.68. The molecular formula is C17H17N3OS. The van der Waals surface area contributed by atoms with Crippen molar-refractivity contribution in [3.05, 3.63) is 53.5 Å². The Balaban J connectivity index is 1.74. The number of aryl methyl sites for hydroxylation is 1. The number of thiazole rings is 1. The summed E-state index contributed by atoms with van der Waals surface area (Å²) < 4.78 is 5.45. The molecule has 112 valence electrons. The van der Waals surface area contributed by atoms with E-state index in [1.54, 1.807) is 11.3 Å². The minimum absolute atomic E-state index is 0.674. The molecule has 0 spiro atoms. The molecule has 0 aliphatic carbocycles. The summed E-state index contributed by atoms with van der Waals surface area (Å²) in [5, 5.41) is 6.09. The highest BCUT2D eigenvalue weighted by molar-refractivity contribution is 7.14. The van der Waals surface area contributed by atoms with E-state index in [4.69, 9.17) is 4.74 Å². The van der Waals surface area contributed by atoms with Crippen LogP contribution in [0.5, 0.6) is 5.75 Å². The highest BCUT2D eigenvalue weighted by atomic mass is 32.1. The molecule has 22 heavy (non-hydrogen) atoms. The number of nitrogens with one attached hydrogen (secondary N) is 1. The fourth-order valence-corrected chi connectivity index (χ4v) is 2.73. The highest BCUT2D eigenvalue weighted by Crippen LogP contribution is 2.27. The SMILES string of the molecule is CCOc1ccc(-c2csc(Nc3ccc(C)cn3)n2)cc1. The molecule has 0 aliphatic heterocycles. The van der Waals surface area contributed by atoms with Crippen LogP contribution in [0.3, 0.4) is 0 Å². The smallest absolute Gasteiger partial charge is 0.188 e. The number of benzene rings is 1. The van der Waals surface area contributed by atoms with Gasteiger partial charge in [-0.2, -0.15) is 0 Å². The highest BCUT2D eigenvalue weighted by Gasteiger charge is 2.05. The van der Waals surface area contributed by atoms with Crippen LogP contribution in [0.4, 0.5) is 10.9 Å². The zero-order valence-electron chi connectivity index (χ0n) is 12.5. The van der Waals surface area contributed by atoms with E-state index in [0.29, 0.717) is 6.61 Å². The van der Waals surface area contributed by atoms with Gasteiger partial charge in [0.15, 0.2) is 5.13 Å². The molecule has 0 atom stereocenters. The van der Waals surface area contributed by atoms with Crippen LogP contribution in [0, 0.1) is 6.92 Å². The van der Waals surface area contributed by atoms with Gasteiger partial charge in [-0.1, -0.05) is 6.07 Å². The maximum absolute atomic E-state index is 5.45. The van der Waals surface area contributed by atoms with E-state index in [9.17, 15) is 0 Å². The van der Waals surface area contributed by atoms with Crippen molar-refractivity contribution < 1.29 is 4.74 Å². The Morgan fingerprint density at radius 2 is 1.95 bits per heavy atom. The Labute approximate surface area is 133 Å². The molecule has 0 aliphatic rings. The van der Waals surface area contributed by atoms with Crippen molar-refractivity contribution in [1.29, 1.82) is 0 Å². The largest absolute Gasteiger partial charge is 0.494 e. The molecule has 0 saturated heterocycles. The quantitative estimate of drug-likeness (QED) is 0.744. The molecule has 0 amide bonds. The summed E-state index contributed by atoms with van der Waals surface area (Å²) in [6, 6.07) is 11.9. The summed E-state index contributed by atoms with van der Waals surface area (Å²) in [5.41, 5.74) is 3.16. The molecular weight excluding hydrogens is 294 g/mol. The van der Waals surface area contributed by atoms with Crippen molar-refractivity contribution in [1.82, 2.24) is 9.97 Å². The Morgan fingerprint density at radius 1 is 1.14 bits per heavy atom. The van der Waals surface area contributed by atoms with Gasteiger partial charge < -0.3 is 10.1 Å². The van der Waals surface area contributed by atoms with Crippen LogP contribution < -0.4 is 10.1 Å². The molecule has 3 rings (SSSR count). The molecule has 2 aromatic heterocycles. The Hall–Kier alpha value is -2.40. The van der Waals surface area contributed by atoms with Gasteiger partial charge in [-0.15, -0.1) is 11.3 Å². The summed E-state index contributed by atoms with van der Waals surface area (Å²) >= 11 is 1.56. The number of hydrogen-bond donors (Lipinski definition) is 1. The number of nitrogens with zero attached hydrogens (tertiary/aromatic N) is 2. The van der Waals surface area contributed by atoms with Gasteiger partial charge in [0, 0.05) is 17.1 Å². The lowest BCUT2D eigenvalue weighted by Crippen LogP contribution is -1.93. The van der Waals surface area contributed by atoms with Gasteiger partial charge >= 0.3 is 0 Å². The summed E-state index contributed by atoms with van der Waals surface area (Å²) in [6.45, 7) is 4.67. The average Bonchev–Trinajstić information content (AvgIpc) is 2.99. The molecule has 1 N–H and O–H groups in total. The van der Waals surface area contributed by atoms with Crippen LogP contribution in [-0.4, -0.2) is 16.6 Å². The molecule has 0 saturated carbocycles. The second kappa shape index (κ2) is 6.58. The zero-order chi connectivity index (χ0) is 15.4. The van der Waals surface area contributed by atoms with Crippen molar-refractivity contribution in [2.45, 2.75) is 13.8 Å². The first-order chi connectivity index (χ1) is 10.7. The standard InChI is InChI=1S/C17H17N3OS/c1-3-21-14-7-5-13(6-8-14)15-11-22-17(19-15)20-16-9-4-12(2)10-18-16/h4-11H,3H2,1-2H3,(H,18,19,20). The molecule has 4 nitrogen and oxygen atoms in total. The van der Waals surface area contributed by atoms with Crippen LogP contribution in [0.25, 0.3) is 11.3 Å². The number of aromatic nitrogens is 2. The number of ether oxygens (including phenoxy) is 1. The fraction of sp³-hybridized carbons (Fsp3) is 0.176. The molecule has 5 heteroatoms. The Bertz CT molecular complexity index is 735. The average molecular weight is 311 g/mol. The number of rotatable bonds is 5. The first-order valence-electron chi connectivity index (χ1n) is 7.13. The van der Waals surface area contributed by atoms with E-state index in [-0.39, 0.29) is 0 Å². The molecule has 0 bridgehead atoms. The third-order valence-corrected chi connectivity index (χ3v) is 3.87. The zero-order valence-corrected chi connectivity index (χ0v) is 13.4. The number of anilines is 2. The van der Waals surface area contributed by atoms with Crippen molar-refractivity contribution in [2.24, 2.45) is 0 Å². The lowest BCUT2D eigenvalue weighted by atomic mass is 10.2. The summed E-state index contributed by atoms with van der Waals surface area (Å²) in [7, 11) is 0. The molecule has 1 aromatic carbocycles. The molecule has 0 fully saturated rings. The maximum atomic E-state index is 5.45. The molecule has 3 aromatic rings. The van der Waals surface area contributed by atoms with Crippen LogP contribution in [0.1, 0.15) is 12.5 Å². The normalized spacial score (nSPS) is 10.5. The number of hydrogen-bond acceptors (Lipinski definition) is 5. The van der Waals surface area contributed by atoms with Gasteiger partial charge in [0.2, 0.25) is 0 Å². The second-order valence-electron chi connectivity index (χ2n) is 4.84. The minimum atomic E-state index is 0.674. The third kappa shape index (κ3) is 3.43. The van der Waals surface area contributed by atoms with Crippen molar-refractivity contribution >= 4 is 22.3 Å². The first kappa shape index (κ1) is 14.5. The van der Waals surface area contributed by atoms with Crippen LogP contribution in [-0.2, 0) is 0 Å². The van der Waals surface area contributed by atoms with Crippen molar-refractivity contribution in [3.63, 3.8) is 0 Å². The van der Waals surface area contributed by atoms with Crippen LogP contribution in [0.2, 0.25) is 0 Å². The van der Waals surface area contributed by atoms with E-state index in [1.807, 2.05) is 61.8 Å². The predicted octanol–water partition coefficient (Wildman–Crippen LogP) is 4.66. The Morgan fingerprint density at radius 3 is 2.64 bits per heavy atom. The van der Waals surface area contributed by atoms with E-state index in [0.717, 1.165) is 33.5 Å². The molecule has 0 unspecified atom stereocenters. The predicted molar refractivity (Wildman–Crippen MR) is 91.0 cm³/mol. The third-order valence-electron chi connectivity index (χ3n) is 3.11. The van der Waals surface area contributed by atoms with Crippen molar-refractivity contribution in [2.75, 3.05) is 11.9 Å². The lowest BCUT2D eigenvalue weighted by Gasteiger charge is -2.03. The van der Waals surface area contributed by atoms with Gasteiger partial charge in [-0.05, 0) is 49.7 Å². The molecule has 2 heterocycles. The van der Waals surface area contributed by atoms with Gasteiger partial charge in [0.1, 0.15) is 11.6 Å². The topological polar surface area (TPSA) is 47.0 Å². The van der Waals surface area contributed by atoms with Crippen LogP contribution >= 0.6 is 11.3 Å². The monoisotopic (exact) mass is 311 g/mol. The lowest BCUT2D eigenvalue weighted by molar-refractivity contribution is 0.340. The van der Waals surface area contributed by atoms with Gasteiger partial charge in [-0.25, -0.2) is 9.97 Å². The van der Waals surface area contributed by atoms with Gasteiger partial charge in [0.05, 0.1) is 12.3 Å². The Kier molecular flexibility index (Phi) is 4.34. The van der Waals surface area contributed by atoms with E-state index >= 15 is 0 Å². The van der Waals surface area contributed by atoms with Gasteiger partial charge in [0.25, 0.3) is 0 Å². The molecule has 0 radical (unpaired) electrons. The summed E-state index contributed by atoms with van der Waals surface area (Å²) in [6.07, 6.45) is 1.84. The maximum Gasteiger partial charge on any atom is 0.188 e. The first-order valence-corrected chi connectivity index (χ1v) is 8.01. The van der Waals surface area contributed by atoms with E-state index < -0.39 is 0 Å². The number of pyridine rings is 1. The van der Waals surface area contributed by atoms with Gasteiger partial charge in [-0.3, -0.25) is 0 Å². The van der Waals surface area contributed by atoms with Crippen LogP contribution in [0.15, 0.2) is 48.0 Å². The fourth-order valence-electron chi connectivity index (χ4n) is 2.00. The minimum Gasteiger partial charge on any atom is -0.494 e. The summed E-state index contributed by atoms with van der Waals surface area (Å²) in [4.78, 5) is 8.93. The van der Waals surface area contributed by atoms with E-state index in [2.05, 4.69) is 15.3 Å². The van der Waals surface area contributed by atoms with Crippen molar-refractivity contribution in [3.8, 4) is 17.0 Å². The van der Waals surface area contributed by atoms with E-state index in [1.165, 1.54) is 0 Å². The second-order valence-corrected chi connectivity index (χ2v) is 5.70.